The molecule has 12 heavy (non-hydrogen) atoms. The highest BCUT2D eigenvalue weighted by atomic mass is 15.1. The van der Waals surface area contributed by atoms with Crippen LogP contribution in [0.15, 0.2) is 0 Å². The van der Waals surface area contributed by atoms with Crippen molar-refractivity contribution in [2.45, 2.75) is 20.3 Å². The minimum absolute atomic E-state index is 0.726. The number of nitrogens with two attached hydrogens (primary N) is 1. The molecule has 72 valence electrons. The Kier molecular flexibility index (Phi) is 3.53. The first-order valence-corrected chi connectivity index (χ1v) is 5.07. The molecule has 0 aromatic heterocycles. The first-order chi connectivity index (χ1) is 5.69. The first kappa shape index (κ1) is 10.0. The lowest BCUT2D eigenvalue weighted by Gasteiger charge is -2.40. The van der Waals surface area contributed by atoms with Crippen LogP contribution in [0.5, 0.6) is 0 Å². The Bertz CT molecular complexity index is 136. The van der Waals surface area contributed by atoms with Crippen molar-refractivity contribution < 1.29 is 0 Å². The average Bonchev–Trinajstić information content (AvgIpc) is 2.03. The summed E-state index contributed by atoms with van der Waals surface area (Å²) in [7, 11) is 2.20. The fourth-order valence-electron chi connectivity index (χ4n) is 2.69. The molecule has 1 fully saturated rings. The summed E-state index contributed by atoms with van der Waals surface area (Å²) in [5.41, 5.74) is 5.77. The van der Waals surface area contributed by atoms with Crippen molar-refractivity contribution in [2.24, 2.45) is 23.5 Å². The highest BCUT2D eigenvalue weighted by Gasteiger charge is 2.30. The number of piperidine rings is 1. The Morgan fingerprint density at radius 1 is 1.42 bits per heavy atom. The molecular formula is C10H22N2. The Hall–Kier alpha value is -0.0800. The molecule has 2 N–H and O–H groups in total. The van der Waals surface area contributed by atoms with Crippen LogP contribution in [0, 0.1) is 17.8 Å². The molecule has 0 aromatic carbocycles. The third kappa shape index (κ3) is 1.99. The van der Waals surface area contributed by atoms with E-state index in [-0.39, 0.29) is 0 Å². The molecule has 2 nitrogen and oxygen atoms in total. The summed E-state index contributed by atoms with van der Waals surface area (Å²) in [6, 6.07) is 0. The number of likely N-dealkylation sites (tertiary alicyclic amines) is 1. The second-order valence-corrected chi connectivity index (χ2v) is 4.27. The van der Waals surface area contributed by atoms with Crippen molar-refractivity contribution in [1.29, 1.82) is 0 Å². The molecule has 1 aliphatic rings. The van der Waals surface area contributed by atoms with E-state index in [1.807, 2.05) is 0 Å². The summed E-state index contributed by atoms with van der Waals surface area (Å²) in [4.78, 5) is 2.41. The number of hydrogen-bond acceptors (Lipinski definition) is 2. The molecule has 1 aliphatic heterocycles. The summed E-state index contributed by atoms with van der Waals surface area (Å²) in [5.74, 6) is 2.40. The molecule has 1 saturated heterocycles. The fourth-order valence-corrected chi connectivity index (χ4v) is 2.69. The molecule has 0 bridgehead atoms. The number of hydrogen-bond donors (Lipinski definition) is 1. The summed E-state index contributed by atoms with van der Waals surface area (Å²) in [5, 5.41) is 0. The lowest BCUT2D eigenvalue weighted by Crippen LogP contribution is -2.45. The van der Waals surface area contributed by atoms with E-state index in [9.17, 15) is 0 Å². The van der Waals surface area contributed by atoms with Crippen LogP contribution >= 0.6 is 0 Å². The molecule has 1 rings (SSSR count). The van der Waals surface area contributed by atoms with Gasteiger partial charge in [-0.2, -0.15) is 0 Å². The van der Waals surface area contributed by atoms with E-state index in [4.69, 9.17) is 5.73 Å². The van der Waals surface area contributed by atoms with Crippen LogP contribution < -0.4 is 5.73 Å². The molecule has 0 aromatic rings. The highest BCUT2D eigenvalue weighted by molar-refractivity contribution is 4.83. The Morgan fingerprint density at radius 3 is 2.58 bits per heavy atom. The molecular weight excluding hydrogens is 148 g/mol. The fraction of sp³-hybridized carbons (Fsp3) is 1.00. The third-order valence-electron chi connectivity index (χ3n) is 3.26. The molecule has 1 heterocycles. The average molecular weight is 170 g/mol. The summed E-state index contributed by atoms with van der Waals surface area (Å²) < 4.78 is 0. The van der Waals surface area contributed by atoms with Gasteiger partial charge in [-0.3, -0.25) is 0 Å². The van der Waals surface area contributed by atoms with Gasteiger partial charge < -0.3 is 10.6 Å². The van der Waals surface area contributed by atoms with Crippen LogP contribution in [-0.2, 0) is 0 Å². The van der Waals surface area contributed by atoms with Gasteiger partial charge in [-0.1, -0.05) is 20.3 Å². The van der Waals surface area contributed by atoms with Gasteiger partial charge in [0.25, 0.3) is 0 Å². The van der Waals surface area contributed by atoms with Crippen molar-refractivity contribution in [3.63, 3.8) is 0 Å². The number of rotatable bonds is 2. The van der Waals surface area contributed by atoms with Gasteiger partial charge in [0.2, 0.25) is 0 Å². The second-order valence-electron chi connectivity index (χ2n) is 4.27. The van der Waals surface area contributed by atoms with Crippen molar-refractivity contribution in [3.05, 3.63) is 0 Å². The quantitative estimate of drug-likeness (QED) is 0.674. The lowest BCUT2D eigenvalue weighted by atomic mass is 9.77. The predicted octanol–water partition coefficient (Wildman–Crippen LogP) is 1.17. The number of nitrogens with zero attached hydrogens (tertiary/aromatic N) is 1. The van der Waals surface area contributed by atoms with Gasteiger partial charge in [-0.25, -0.2) is 0 Å². The van der Waals surface area contributed by atoms with Crippen LogP contribution in [-0.4, -0.2) is 31.6 Å². The summed E-state index contributed by atoms with van der Waals surface area (Å²) >= 11 is 0. The van der Waals surface area contributed by atoms with E-state index in [0.717, 1.165) is 24.3 Å². The molecule has 0 aliphatic carbocycles. The van der Waals surface area contributed by atoms with E-state index in [1.165, 1.54) is 19.5 Å². The normalized spacial score (nSPS) is 38.5. The largest absolute Gasteiger partial charge is 0.330 e. The SMILES string of the molecule is CCC1C(C)CN(C)CC1CN. The van der Waals surface area contributed by atoms with Gasteiger partial charge in [0.15, 0.2) is 0 Å². The van der Waals surface area contributed by atoms with E-state index in [2.05, 4.69) is 25.8 Å². The molecule has 0 spiro atoms. The monoisotopic (exact) mass is 170 g/mol. The molecule has 0 radical (unpaired) electrons. The molecule has 0 amide bonds. The minimum atomic E-state index is 0.726. The van der Waals surface area contributed by atoms with Crippen LogP contribution in [0.2, 0.25) is 0 Å². The van der Waals surface area contributed by atoms with E-state index in [1.54, 1.807) is 0 Å². The van der Waals surface area contributed by atoms with Gasteiger partial charge >= 0.3 is 0 Å². The zero-order valence-electron chi connectivity index (χ0n) is 8.59. The highest BCUT2D eigenvalue weighted by Crippen LogP contribution is 2.29. The zero-order chi connectivity index (χ0) is 9.14. The topological polar surface area (TPSA) is 29.3 Å². The maximum absolute atomic E-state index is 5.77. The molecule has 0 saturated carbocycles. The van der Waals surface area contributed by atoms with Gasteiger partial charge in [0.1, 0.15) is 0 Å². The smallest absolute Gasteiger partial charge is 0.00215 e. The summed E-state index contributed by atoms with van der Waals surface area (Å²) in [6.45, 7) is 7.93. The van der Waals surface area contributed by atoms with Gasteiger partial charge in [-0.05, 0) is 31.3 Å². The third-order valence-corrected chi connectivity index (χ3v) is 3.26. The lowest BCUT2D eigenvalue weighted by molar-refractivity contribution is 0.0898. The second kappa shape index (κ2) is 4.24. The van der Waals surface area contributed by atoms with E-state index < -0.39 is 0 Å². The molecule has 3 unspecified atom stereocenters. The Balaban J connectivity index is 2.56. The van der Waals surface area contributed by atoms with Gasteiger partial charge in [-0.15, -0.1) is 0 Å². The van der Waals surface area contributed by atoms with Gasteiger partial charge in [0, 0.05) is 13.1 Å². The van der Waals surface area contributed by atoms with Crippen molar-refractivity contribution in [3.8, 4) is 0 Å². The first-order valence-electron chi connectivity index (χ1n) is 5.07. The van der Waals surface area contributed by atoms with Crippen LogP contribution in [0.25, 0.3) is 0 Å². The zero-order valence-corrected chi connectivity index (χ0v) is 8.59. The summed E-state index contributed by atoms with van der Waals surface area (Å²) in [6.07, 6.45) is 1.29. The van der Waals surface area contributed by atoms with Crippen LogP contribution in [0.4, 0.5) is 0 Å². The van der Waals surface area contributed by atoms with Crippen molar-refractivity contribution in [1.82, 2.24) is 4.90 Å². The predicted molar refractivity (Wildman–Crippen MR) is 53.0 cm³/mol. The van der Waals surface area contributed by atoms with Crippen molar-refractivity contribution >= 4 is 0 Å². The van der Waals surface area contributed by atoms with Crippen LogP contribution in [0.3, 0.4) is 0 Å². The standard InChI is InChI=1S/C10H22N2/c1-4-10-8(2)6-12(3)7-9(10)5-11/h8-10H,4-7,11H2,1-3H3. The minimum Gasteiger partial charge on any atom is -0.330 e. The maximum atomic E-state index is 5.77. The van der Waals surface area contributed by atoms with Gasteiger partial charge in [0.05, 0.1) is 0 Å². The molecule has 3 atom stereocenters. The molecule has 2 heteroatoms. The van der Waals surface area contributed by atoms with E-state index >= 15 is 0 Å². The van der Waals surface area contributed by atoms with Crippen molar-refractivity contribution in [2.75, 3.05) is 26.7 Å². The van der Waals surface area contributed by atoms with Crippen LogP contribution in [0.1, 0.15) is 20.3 Å². The Morgan fingerprint density at radius 2 is 2.08 bits per heavy atom. The maximum Gasteiger partial charge on any atom is 0.00215 e. The Labute approximate surface area is 76.1 Å². The van der Waals surface area contributed by atoms with E-state index in [0.29, 0.717) is 0 Å².